The number of thiophene rings is 1. The highest BCUT2D eigenvalue weighted by molar-refractivity contribution is 7.16. The van der Waals surface area contributed by atoms with Crippen LogP contribution in [0.1, 0.15) is 45.7 Å². The number of hydrogen-bond donors (Lipinski definition) is 0. The van der Waals surface area contributed by atoms with Crippen LogP contribution in [0.15, 0.2) is 42.0 Å². The summed E-state index contributed by atoms with van der Waals surface area (Å²) in [7, 11) is 1.87. The maximum Gasteiger partial charge on any atom is 0.285 e. The summed E-state index contributed by atoms with van der Waals surface area (Å²) in [6.45, 7) is 4.56. The van der Waals surface area contributed by atoms with Crippen LogP contribution in [0, 0.1) is 11.6 Å². The minimum absolute atomic E-state index is 0.121. The number of halogens is 2. The van der Waals surface area contributed by atoms with Gasteiger partial charge in [-0.3, -0.25) is 9.48 Å². The first-order valence-corrected chi connectivity index (χ1v) is 11.6. The molecule has 4 heterocycles. The van der Waals surface area contributed by atoms with Crippen molar-refractivity contribution in [3.8, 4) is 10.6 Å². The Morgan fingerprint density at radius 1 is 1.25 bits per heavy atom. The van der Waals surface area contributed by atoms with Gasteiger partial charge in [-0.05, 0) is 43.0 Å². The lowest BCUT2D eigenvalue weighted by atomic mass is 9.74. The molecule has 0 fully saturated rings. The number of benzene rings is 1. The standard InChI is InChI=1S/C22H19F2N5OS2/c1-12-18-16(6-7-31-18)22(2,13-9-25-28(3)10-13)11-29(12)21(30)20-27-26-19(32-20)15-5-4-14(23)8-17(15)24/h4-10,12H,11H2,1-3H3/t12-,22-/m1/s1. The molecule has 0 bridgehead atoms. The zero-order valence-electron chi connectivity index (χ0n) is 17.5. The predicted molar refractivity (Wildman–Crippen MR) is 119 cm³/mol. The molecule has 32 heavy (non-hydrogen) atoms. The highest BCUT2D eigenvalue weighted by Gasteiger charge is 2.44. The number of rotatable bonds is 3. The topological polar surface area (TPSA) is 63.9 Å². The lowest BCUT2D eigenvalue weighted by Gasteiger charge is -2.43. The molecule has 1 aromatic carbocycles. The summed E-state index contributed by atoms with van der Waals surface area (Å²) in [6, 6.07) is 5.23. The molecule has 0 saturated carbocycles. The second-order valence-electron chi connectivity index (χ2n) is 8.08. The SMILES string of the molecule is C[C@@H]1c2sccc2[C@@](C)(c2cnn(C)c2)CN1C(=O)c1nnc(-c2ccc(F)cc2F)s1. The molecule has 0 aliphatic carbocycles. The van der Waals surface area contributed by atoms with Gasteiger partial charge in [0.05, 0.1) is 12.2 Å². The maximum absolute atomic E-state index is 14.2. The number of hydrogen-bond acceptors (Lipinski definition) is 6. The van der Waals surface area contributed by atoms with E-state index in [2.05, 4.69) is 28.3 Å². The van der Waals surface area contributed by atoms with Crippen LogP contribution in [-0.4, -0.2) is 37.3 Å². The second-order valence-corrected chi connectivity index (χ2v) is 10.0. The molecule has 0 spiro atoms. The third kappa shape index (κ3) is 3.25. The van der Waals surface area contributed by atoms with Gasteiger partial charge in [0.15, 0.2) is 5.01 Å². The van der Waals surface area contributed by atoms with Gasteiger partial charge in [0.25, 0.3) is 5.91 Å². The summed E-state index contributed by atoms with van der Waals surface area (Å²) < 4.78 is 29.2. The summed E-state index contributed by atoms with van der Waals surface area (Å²) in [5.41, 5.74) is 1.91. The molecule has 164 valence electrons. The molecule has 0 saturated heterocycles. The van der Waals surface area contributed by atoms with E-state index in [4.69, 9.17) is 0 Å². The van der Waals surface area contributed by atoms with E-state index in [1.807, 2.05) is 31.7 Å². The molecule has 5 rings (SSSR count). The molecule has 1 amide bonds. The minimum Gasteiger partial charge on any atom is -0.328 e. The zero-order chi connectivity index (χ0) is 22.6. The first-order valence-electron chi connectivity index (χ1n) is 9.95. The van der Waals surface area contributed by atoms with E-state index in [-0.39, 0.29) is 27.5 Å². The van der Waals surface area contributed by atoms with Crippen molar-refractivity contribution in [1.82, 2.24) is 24.9 Å². The van der Waals surface area contributed by atoms with Crippen molar-refractivity contribution in [1.29, 1.82) is 0 Å². The summed E-state index contributed by atoms with van der Waals surface area (Å²) >= 11 is 2.62. The second kappa shape index (κ2) is 7.56. The van der Waals surface area contributed by atoms with Crippen LogP contribution in [0.2, 0.25) is 0 Å². The number of aryl methyl sites for hydroxylation is 1. The summed E-state index contributed by atoms with van der Waals surface area (Å²) in [5, 5.41) is 14.8. The Morgan fingerprint density at radius 2 is 2.06 bits per heavy atom. The van der Waals surface area contributed by atoms with Crippen LogP contribution in [0.4, 0.5) is 8.78 Å². The van der Waals surface area contributed by atoms with E-state index < -0.39 is 17.0 Å². The molecule has 0 unspecified atom stereocenters. The molecule has 1 aliphatic heterocycles. The highest BCUT2D eigenvalue weighted by Crippen LogP contribution is 2.46. The summed E-state index contributed by atoms with van der Waals surface area (Å²) in [5.74, 6) is -1.67. The molecule has 1 aliphatic rings. The highest BCUT2D eigenvalue weighted by atomic mass is 32.1. The third-order valence-electron chi connectivity index (χ3n) is 6.00. The smallest absolute Gasteiger partial charge is 0.285 e. The zero-order valence-corrected chi connectivity index (χ0v) is 19.2. The number of fused-ring (bicyclic) bond motifs is 1. The van der Waals surface area contributed by atoms with Crippen molar-refractivity contribution in [2.75, 3.05) is 6.54 Å². The normalized spacial score (nSPS) is 20.4. The molecule has 6 nitrogen and oxygen atoms in total. The predicted octanol–water partition coefficient (Wildman–Crippen LogP) is 4.80. The average Bonchev–Trinajstić information content (AvgIpc) is 3.51. The van der Waals surface area contributed by atoms with Gasteiger partial charge in [0.2, 0.25) is 5.01 Å². The van der Waals surface area contributed by atoms with E-state index in [0.717, 1.165) is 33.9 Å². The molecule has 0 radical (unpaired) electrons. The van der Waals surface area contributed by atoms with Crippen LogP contribution < -0.4 is 0 Å². The van der Waals surface area contributed by atoms with Crippen LogP contribution in [0.3, 0.4) is 0 Å². The fraction of sp³-hybridized carbons (Fsp3) is 0.273. The Hall–Kier alpha value is -2.98. The Labute approximate surface area is 191 Å². The van der Waals surface area contributed by atoms with E-state index in [0.29, 0.717) is 6.54 Å². The van der Waals surface area contributed by atoms with Crippen LogP contribution in [0.25, 0.3) is 10.6 Å². The number of nitrogens with zero attached hydrogens (tertiary/aromatic N) is 5. The van der Waals surface area contributed by atoms with Gasteiger partial charge < -0.3 is 4.90 Å². The first kappa shape index (κ1) is 20.9. The third-order valence-corrected chi connectivity index (χ3v) is 8.03. The number of aromatic nitrogens is 4. The molecule has 4 aromatic rings. The lowest BCUT2D eigenvalue weighted by Crippen LogP contribution is -2.48. The molecule has 0 N–H and O–H groups in total. The Balaban J connectivity index is 1.51. The van der Waals surface area contributed by atoms with Crippen LogP contribution in [-0.2, 0) is 12.5 Å². The van der Waals surface area contributed by atoms with Gasteiger partial charge in [-0.1, -0.05) is 11.3 Å². The maximum atomic E-state index is 14.2. The Kier molecular flexibility index (Phi) is 4.94. The largest absolute Gasteiger partial charge is 0.328 e. The van der Waals surface area contributed by atoms with Crippen molar-refractivity contribution in [2.45, 2.75) is 25.3 Å². The van der Waals surface area contributed by atoms with Crippen molar-refractivity contribution in [3.05, 3.63) is 74.7 Å². The van der Waals surface area contributed by atoms with Crippen molar-refractivity contribution in [2.24, 2.45) is 7.05 Å². The fourth-order valence-electron chi connectivity index (χ4n) is 4.21. The fourth-order valence-corrected chi connectivity index (χ4v) is 6.13. The number of amides is 1. The number of carbonyl (C=O) groups is 1. The monoisotopic (exact) mass is 471 g/mol. The van der Waals surface area contributed by atoms with Gasteiger partial charge in [0, 0.05) is 47.3 Å². The average molecular weight is 472 g/mol. The molecule has 10 heteroatoms. The number of carbonyl (C=O) groups excluding carboxylic acids is 1. The molecule has 3 aromatic heterocycles. The lowest BCUT2D eigenvalue weighted by molar-refractivity contribution is 0.0631. The van der Waals surface area contributed by atoms with Gasteiger partial charge in [0.1, 0.15) is 11.6 Å². The van der Waals surface area contributed by atoms with Crippen LogP contribution in [0.5, 0.6) is 0 Å². The first-order chi connectivity index (χ1) is 15.3. The van der Waals surface area contributed by atoms with Gasteiger partial charge in [-0.25, -0.2) is 8.78 Å². The van der Waals surface area contributed by atoms with Gasteiger partial charge in [-0.15, -0.1) is 21.5 Å². The Bertz CT molecular complexity index is 1330. The van der Waals surface area contributed by atoms with E-state index in [1.165, 1.54) is 11.6 Å². The molecular weight excluding hydrogens is 452 g/mol. The van der Waals surface area contributed by atoms with E-state index in [9.17, 15) is 13.6 Å². The quantitative estimate of drug-likeness (QED) is 0.431. The summed E-state index contributed by atoms with van der Waals surface area (Å²) in [4.78, 5) is 16.4. The van der Waals surface area contributed by atoms with Crippen molar-refractivity contribution >= 4 is 28.6 Å². The Morgan fingerprint density at radius 3 is 2.78 bits per heavy atom. The van der Waals surface area contributed by atoms with Crippen molar-refractivity contribution in [3.63, 3.8) is 0 Å². The van der Waals surface area contributed by atoms with Crippen molar-refractivity contribution < 1.29 is 13.6 Å². The van der Waals surface area contributed by atoms with E-state index in [1.54, 1.807) is 20.9 Å². The van der Waals surface area contributed by atoms with Crippen LogP contribution >= 0.6 is 22.7 Å². The molecule has 2 atom stereocenters. The minimum atomic E-state index is -0.737. The molecular formula is C22H19F2N5OS2. The van der Waals surface area contributed by atoms with Gasteiger partial charge in [-0.2, -0.15) is 5.10 Å². The van der Waals surface area contributed by atoms with Gasteiger partial charge >= 0.3 is 0 Å². The van der Waals surface area contributed by atoms with E-state index >= 15 is 0 Å². The summed E-state index contributed by atoms with van der Waals surface area (Å²) in [6.07, 6.45) is 3.81.